The SMILES string of the molecule is CC(C)NC1=NC(c2cc(O)c3ccc(OCCN4CCOCC4)c(Cl)c3n2)CO1. The second-order valence-electron chi connectivity index (χ2n) is 7.70. The number of aromatic nitrogens is 1. The van der Waals surface area contributed by atoms with E-state index in [9.17, 15) is 5.11 Å². The largest absolute Gasteiger partial charge is 0.507 e. The molecule has 0 saturated carbocycles. The molecule has 1 unspecified atom stereocenters. The predicted molar refractivity (Wildman–Crippen MR) is 116 cm³/mol. The Morgan fingerprint density at radius 3 is 2.90 bits per heavy atom. The Hall–Kier alpha value is -2.29. The van der Waals surface area contributed by atoms with Crippen LogP contribution in [-0.2, 0) is 9.47 Å². The van der Waals surface area contributed by atoms with Gasteiger partial charge < -0.3 is 24.6 Å². The van der Waals surface area contributed by atoms with Gasteiger partial charge in [-0.3, -0.25) is 4.90 Å². The van der Waals surface area contributed by atoms with Crippen molar-refractivity contribution in [2.45, 2.75) is 25.9 Å². The van der Waals surface area contributed by atoms with E-state index in [0.717, 1.165) is 32.8 Å². The molecule has 3 heterocycles. The quantitative estimate of drug-likeness (QED) is 0.722. The molecule has 9 heteroatoms. The maximum absolute atomic E-state index is 10.5. The second-order valence-corrected chi connectivity index (χ2v) is 8.08. The molecule has 0 aliphatic carbocycles. The van der Waals surface area contributed by atoms with E-state index >= 15 is 0 Å². The molecule has 1 aromatic heterocycles. The van der Waals surface area contributed by atoms with Gasteiger partial charge in [0.05, 0.1) is 24.4 Å². The molecule has 1 saturated heterocycles. The summed E-state index contributed by atoms with van der Waals surface area (Å²) in [5, 5.41) is 14.6. The highest BCUT2D eigenvalue weighted by molar-refractivity contribution is 6.36. The zero-order valence-corrected chi connectivity index (χ0v) is 18.0. The number of benzene rings is 1. The molecule has 0 bridgehead atoms. The average molecular weight is 435 g/mol. The first-order valence-electron chi connectivity index (χ1n) is 10.2. The van der Waals surface area contributed by atoms with Crippen molar-refractivity contribution in [3.8, 4) is 11.5 Å². The smallest absolute Gasteiger partial charge is 0.285 e. The van der Waals surface area contributed by atoms with Gasteiger partial charge in [-0.25, -0.2) is 9.98 Å². The topological polar surface area (TPSA) is 88.4 Å². The van der Waals surface area contributed by atoms with Crippen LogP contribution in [0.15, 0.2) is 23.2 Å². The number of aromatic hydroxyl groups is 1. The normalized spacial score (nSPS) is 19.7. The van der Waals surface area contributed by atoms with E-state index in [2.05, 4.69) is 20.2 Å². The van der Waals surface area contributed by atoms with E-state index in [0.29, 0.717) is 46.6 Å². The summed E-state index contributed by atoms with van der Waals surface area (Å²) in [6.07, 6.45) is 0. The molecule has 162 valence electrons. The van der Waals surface area contributed by atoms with Gasteiger partial charge in [-0.2, -0.15) is 0 Å². The Balaban J connectivity index is 1.52. The number of pyridine rings is 1. The lowest BCUT2D eigenvalue weighted by molar-refractivity contribution is 0.0322. The highest BCUT2D eigenvalue weighted by Crippen LogP contribution is 2.37. The molecule has 2 aliphatic heterocycles. The highest BCUT2D eigenvalue weighted by atomic mass is 35.5. The Kier molecular flexibility index (Phi) is 6.46. The third-order valence-electron chi connectivity index (χ3n) is 5.06. The summed E-state index contributed by atoms with van der Waals surface area (Å²) in [5.41, 5.74) is 1.10. The third kappa shape index (κ3) is 4.71. The maximum atomic E-state index is 10.5. The number of ether oxygens (including phenoxy) is 3. The summed E-state index contributed by atoms with van der Waals surface area (Å²) in [5.74, 6) is 0.659. The summed E-state index contributed by atoms with van der Waals surface area (Å²) in [6, 6.07) is 5.57. The Morgan fingerprint density at radius 1 is 1.33 bits per heavy atom. The van der Waals surface area contributed by atoms with Crippen molar-refractivity contribution < 1.29 is 19.3 Å². The fourth-order valence-corrected chi connectivity index (χ4v) is 3.75. The lowest BCUT2D eigenvalue weighted by Crippen LogP contribution is -2.38. The second kappa shape index (κ2) is 9.24. The van der Waals surface area contributed by atoms with Crippen LogP contribution in [0.5, 0.6) is 11.5 Å². The number of rotatable bonds is 6. The first kappa shape index (κ1) is 21.0. The third-order valence-corrected chi connectivity index (χ3v) is 5.42. The fourth-order valence-electron chi connectivity index (χ4n) is 3.48. The molecular weight excluding hydrogens is 408 g/mol. The number of halogens is 1. The minimum Gasteiger partial charge on any atom is -0.507 e. The van der Waals surface area contributed by atoms with Crippen LogP contribution in [0, 0.1) is 0 Å². The molecule has 1 atom stereocenters. The predicted octanol–water partition coefficient (Wildman–Crippen LogP) is 2.73. The minimum atomic E-state index is -0.302. The van der Waals surface area contributed by atoms with Gasteiger partial charge >= 0.3 is 0 Å². The molecule has 0 spiro atoms. The average Bonchev–Trinajstić information content (AvgIpc) is 3.18. The van der Waals surface area contributed by atoms with E-state index in [1.165, 1.54) is 0 Å². The van der Waals surface area contributed by atoms with Crippen molar-refractivity contribution in [1.29, 1.82) is 0 Å². The monoisotopic (exact) mass is 434 g/mol. The van der Waals surface area contributed by atoms with Gasteiger partial charge in [0.1, 0.15) is 35.8 Å². The van der Waals surface area contributed by atoms with Crippen LogP contribution in [0.2, 0.25) is 5.02 Å². The summed E-state index contributed by atoms with van der Waals surface area (Å²) in [7, 11) is 0. The van der Waals surface area contributed by atoms with Crippen molar-refractivity contribution in [2.24, 2.45) is 4.99 Å². The van der Waals surface area contributed by atoms with E-state index in [1.807, 2.05) is 13.8 Å². The van der Waals surface area contributed by atoms with E-state index in [4.69, 9.17) is 25.8 Å². The van der Waals surface area contributed by atoms with Gasteiger partial charge in [-0.05, 0) is 26.0 Å². The number of amidine groups is 1. The van der Waals surface area contributed by atoms with Crippen molar-refractivity contribution in [1.82, 2.24) is 15.2 Å². The molecule has 1 fully saturated rings. The Labute approximate surface area is 180 Å². The minimum absolute atomic E-state index is 0.109. The number of morpholine rings is 1. The molecule has 4 rings (SSSR count). The van der Waals surface area contributed by atoms with Crippen molar-refractivity contribution in [2.75, 3.05) is 46.1 Å². The van der Waals surface area contributed by atoms with E-state index in [1.54, 1.807) is 18.2 Å². The van der Waals surface area contributed by atoms with Gasteiger partial charge in [-0.15, -0.1) is 0 Å². The summed E-state index contributed by atoms with van der Waals surface area (Å²) in [6.45, 7) is 9.03. The Bertz CT molecular complexity index is 931. The summed E-state index contributed by atoms with van der Waals surface area (Å²) >= 11 is 6.60. The molecule has 8 nitrogen and oxygen atoms in total. The van der Waals surface area contributed by atoms with Crippen LogP contribution in [-0.4, -0.2) is 73.1 Å². The first-order valence-corrected chi connectivity index (χ1v) is 10.6. The molecule has 2 aromatic rings. The lowest BCUT2D eigenvalue weighted by Gasteiger charge is -2.26. The van der Waals surface area contributed by atoms with Gasteiger partial charge in [0, 0.05) is 37.1 Å². The highest BCUT2D eigenvalue weighted by Gasteiger charge is 2.24. The molecular formula is C21H27ClN4O4. The number of nitrogens with one attached hydrogen (secondary N) is 1. The molecule has 2 aliphatic rings. The van der Waals surface area contributed by atoms with Crippen LogP contribution < -0.4 is 10.1 Å². The van der Waals surface area contributed by atoms with Crippen LogP contribution in [0.3, 0.4) is 0 Å². The van der Waals surface area contributed by atoms with Crippen molar-refractivity contribution in [3.05, 3.63) is 28.9 Å². The number of hydrogen-bond donors (Lipinski definition) is 2. The van der Waals surface area contributed by atoms with Crippen molar-refractivity contribution in [3.63, 3.8) is 0 Å². The number of fused-ring (bicyclic) bond motifs is 1. The van der Waals surface area contributed by atoms with Crippen LogP contribution >= 0.6 is 11.6 Å². The number of aliphatic imine (C=N–C) groups is 1. The zero-order chi connectivity index (χ0) is 21.1. The molecule has 30 heavy (non-hydrogen) atoms. The van der Waals surface area contributed by atoms with Crippen LogP contribution in [0.25, 0.3) is 10.9 Å². The summed E-state index contributed by atoms with van der Waals surface area (Å²) in [4.78, 5) is 11.5. The molecule has 2 N–H and O–H groups in total. The molecule has 0 amide bonds. The fraction of sp³-hybridized carbons (Fsp3) is 0.524. The summed E-state index contributed by atoms with van der Waals surface area (Å²) < 4.78 is 16.9. The maximum Gasteiger partial charge on any atom is 0.285 e. The Morgan fingerprint density at radius 2 is 2.13 bits per heavy atom. The first-order chi connectivity index (χ1) is 14.5. The van der Waals surface area contributed by atoms with Gasteiger partial charge in [0.2, 0.25) is 0 Å². The zero-order valence-electron chi connectivity index (χ0n) is 17.2. The van der Waals surface area contributed by atoms with Gasteiger partial charge in [0.25, 0.3) is 6.02 Å². The standard InChI is InChI=1S/C21H27ClN4O4/c1-13(2)23-21-25-16(12-30-21)15-11-17(27)14-3-4-18(19(22)20(14)24-15)29-10-7-26-5-8-28-9-6-26/h3-4,11,13,16H,5-10,12H2,1-2H3,(H,23,25)(H,24,27). The number of nitrogens with zero attached hydrogens (tertiary/aromatic N) is 3. The van der Waals surface area contributed by atoms with Crippen LogP contribution in [0.1, 0.15) is 25.6 Å². The molecule has 1 aromatic carbocycles. The number of hydrogen-bond acceptors (Lipinski definition) is 8. The van der Waals surface area contributed by atoms with E-state index in [-0.39, 0.29) is 17.8 Å². The van der Waals surface area contributed by atoms with Gasteiger partial charge in [0.15, 0.2) is 0 Å². The van der Waals surface area contributed by atoms with Crippen LogP contribution in [0.4, 0.5) is 0 Å². The van der Waals surface area contributed by atoms with E-state index < -0.39 is 0 Å². The van der Waals surface area contributed by atoms with Crippen molar-refractivity contribution >= 4 is 28.5 Å². The molecule has 0 radical (unpaired) electrons. The van der Waals surface area contributed by atoms with Gasteiger partial charge in [-0.1, -0.05) is 11.6 Å². The lowest BCUT2D eigenvalue weighted by atomic mass is 10.1.